The molecule has 1 fully saturated rings. The van der Waals surface area contributed by atoms with E-state index in [0.29, 0.717) is 40.7 Å². The zero-order valence-corrected chi connectivity index (χ0v) is 19.3. The normalized spacial score (nSPS) is 17.9. The maximum atomic E-state index is 15.0. The van der Waals surface area contributed by atoms with Gasteiger partial charge in [-0.15, -0.1) is 6.58 Å². The molecule has 0 N–H and O–H groups in total. The molecule has 178 valence electrons. The molecule has 5 heteroatoms. The van der Waals surface area contributed by atoms with E-state index < -0.39 is 17.5 Å². The van der Waals surface area contributed by atoms with E-state index in [0.717, 1.165) is 25.7 Å². The van der Waals surface area contributed by atoms with Gasteiger partial charge in [0.1, 0.15) is 23.9 Å². The maximum absolute atomic E-state index is 15.0. The predicted octanol–water partition coefficient (Wildman–Crippen LogP) is 8.21. The maximum Gasteiger partial charge on any atom is 0.166 e. The molecule has 3 aromatic rings. The second-order valence-corrected chi connectivity index (χ2v) is 8.68. The van der Waals surface area contributed by atoms with Gasteiger partial charge in [0, 0.05) is 17.2 Å². The standard InChI is InChI=1S/C29H29F3O2/c1-3-19-5-7-20(8-6-19)25-15-16-26(29(32)28(25)31)21-9-12-23(13-10-21)34-18-22-11-14-24(33-4-2)17-27(22)30/h3,9-17,19-20H,1,4-8,18H2,2H3. The quantitative estimate of drug-likeness (QED) is 0.312. The van der Waals surface area contributed by atoms with Crippen LogP contribution in [-0.2, 0) is 6.61 Å². The topological polar surface area (TPSA) is 18.5 Å². The highest BCUT2D eigenvalue weighted by molar-refractivity contribution is 5.65. The van der Waals surface area contributed by atoms with Gasteiger partial charge in [-0.2, -0.15) is 0 Å². The lowest BCUT2D eigenvalue weighted by molar-refractivity contribution is 0.298. The third kappa shape index (κ3) is 5.30. The molecule has 0 spiro atoms. The fraction of sp³-hybridized carbons (Fsp3) is 0.310. The Balaban J connectivity index is 1.43. The second kappa shape index (κ2) is 10.8. The van der Waals surface area contributed by atoms with Crippen molar-refractivity contribution in [1.29, 1.82) is 0 Å². The molecule has 1 saturated carbocycles. The summed E-state index contributed by atoms with van der Waals surface area (Å²) in [5.41, 5.74) is 1.63. The Hall–Kier alpha value is -3.21. The highest BCUT2D eigenvalue weighted by Crippen LogP contribution is 2.39. The molecular formula is C29H29F3O2. The van der Waals surface area contributed by atoms with Crippen LogP contribution in [0, 0.1) is 23.4 Å². The van der Waals surface area contributed by atoms with Gasteiger partial charge in [-0.3, -0.25) is 0 Å². The number of allylic oxidation sites excluding steroid dienone is 1. The highest BCUT2D eigenvalue weighted by Gasteiger charge is 2.25. The molecular weight excluding hydrogens is 437 g/mol. The summed E-state index contributed by atoms with van der Waals surface area (Å²) in [6, 6.07) is 14.7. The van der Waals surface area contributed by atoms with Crippen molar-refractivity contribution in [2.24, 2.45) is 5.92 Å². The van der Waals surface area contributed by atoms with Crippen LogP contribution in [0.2, 0.25) is 0 Å². The van der Waals surface area contributed by atoms with Crippen LogP contribution in [-0.4, -0.2) is 6.61 Å². The first-order valence-electron chi connectivity index (χ1n) is 11.7. The van der Waals surface area contributed by atoms with E-state index in [1.807, 2.05) is 13.0 Å². The summed E-state index contributed by atoms with van der Waals surface area (Å²) >= 11 is 0. The smallest absolute Gasteiger partial charge is 0.166 e. The number of hydrogen-bond acceptors (Lipinski definition) is 2. The van der Waals surface area contributed by atoms with E-state index in [9.17, 15) is 13.2 Å². The fourth-order valence-corrected chi connectivity index (χ4v) is 4.56. The second-order valence-electron chi connectivity index (χ2n) is 8.68. The van der Waals surface area contributed by atoms with Crippen molar-refractivity contribution in [3.8, 4) is 22.6 Å². The van der Waals surface area contributed by atoms with E-state index in [2.05, 4.69) is 6.58 Å². The Morgan fingerprint density at radius 2 is 1.56 bits per heavy atom. The molecule has 3 aromatic carbocycles. The zero-order valence-electron chi connectivity index (χ0n) is 19.3. The van der Waals surface area contributed by atoms with Gasteiger partial charge in [-0.25, -0.2) is 13.2 Å². The number of benzene rings is 3. The first-order valence-corrected chi connectivity index (χ1v) is 11.7. The Kier molecular flexibility index (Phi) is 7.61. The zero-order chi connectivity index (χ0) is 24.1. The van der Waals surface area contributed by atoms with Crippen molar-refractivity contribution in [3.05, 3.63) is 95.8 Å². The van der Waals surface area contributed by atoms with Crippen molar-refractivity contribution in [1.82, 2.24) is 0 Å². The van der Waals surface area contributed by atoms with E-state index in [-0.39, 0.29) is 18.1 Å². The van der Waals surface area contributed by atoms with Crippen molar-refractivity contribution in [3.63, 3.8) is 0 Å². The Morgan fingerprint density at radius 3 is 2.21 bits per heavy atom. The van der Waals surface area contributed by atoms with Crippen LogP contribution in [0.15, 0.2) is 67.3 Å². The van der Waals surface area contributed by atoms with Crippen molar-refractivity contribution in [2.45, 2.75) is 45.1 Å². The number of halogens is 3. The Morgan fingerprint density at radius 1 is 0.853 bits per heavy atom. The molecule has 0 bridgehead atoms. The van der Waals surface area contributed by atoms with Crippen LogP contribution in [0.3, 0.4) is 0 Å². The van der Waals surface area contributed by atoms with Crippen LogP contribution >= 0.6 is 0 Å². The van der Waals surface area contributed by atoms with Crippen molar-refractivity contribution < 1.29 is 22.6 Å². The lowest BCUT2D eigenvalue weighted by Gasteiger charge is -2.27. The number of ether oxygens (including phenoxy) is 2. The van der Waals surface area contributed by atoms with Gasteiger partial charge in [-0.05, 0) is 79.8 Å². The van der Waals surface area contributed by atoms with Gasteiger partial charge < -0.3 is 9.47 Å². The predicted molar refractivity (Wildman–Crippen MR) is 129 cm³/mol. The lowest BCUT2D eigenvalue weighted by atomic mass is 9.78. The average Bonchev–Trinajstić information content (AvgIpc) is 2.86. The van der Waals surface area contributed by atoms with Crippen LogP contribution in [0.5, 0.6) is 11.5 Å². The van der Waals surface area contributed by atoms with Crippen LogP contribution in [0.4, 0.5) is 13.2 Å². The van der Waals surface area contributed by atoms with E-state index in [4.69, 9.17) is 9.47 Å². The summed E-state index contributed by atoms with van der Waals surface area (Å²) in [5, 5.41) is 0. The van der Waals surface area contributed by atoms with E-state index in [1.54, 1.807) is 48.5 Å². The largest absolute Gasteiger partial charge is 0.494 e. The summed E-state index contributed by atoms with van der Waals surface area (Å²) in [7, 11) is 0. The number of hydrogen-bond donors (Lipinski definition) is 0. The lowest BCUT2D eigenvalue weighted by Crippen LogP contribution is -2.13. The van der Waals surface area contributed by atoms with Crippen LogP contribution in [0.1, 0.15) is 49.7 Å². The highest BCUT2D eigenvalue weighted by atomic mass is 19.2. The number of rotatable bonds is 8. The minimum absolute atomic E-state index is 0.0403. The van der Waals surface area contributed by atoms with Crippen LogP contribution in [0.25, 0.3) is 11.1 Å². The fourth-order valence-electron chi connectivity index (χ4n) is 4.56. The van der Waals surface area contributed by atoms with Gasteiger partial charge in [0.15, 0.2) is 11.6 Å². The van der Waals surface area contributed by atoms with Gasteiger partial charge in [-0.1, -0.05) is 30.3 Å². The molecule has 0 atom stereocenters. The molecule has 0 amide bonds. The molecule has 0 heterocycles. The SMILES string of the molecule is C=CC1CCC(c2ccc(-c3ccc(OCc4ccc(OCC)cc4F)cc3)c(F)c2F)CC1. The van der Waals surface area contributed by atoms with E-state index >= 15 is 0 Å². The summed E-state index contributed by atoms with van der Waals surface area (Å²) in [5.74, 6) is -0.502. The molecule has 1 aliphatic rings. The van der Waals surface area contributed by atoms with Gasteiger partial charge in [0.2, 0.25) is 0 Å². The summed E-state index contributed by atoms with van der Waals surface area (Å²) in [6.07, 6.45) is 5.55. The third-order valence-corrected chi connectivity index (χ3v) is 6.55. The molecule has 0 radical (unpaired) electrons. The molecule has 2 nitrogen and oxygen atoms in total. The molecule has 0 unspecified atom stereocenters. The third-order valence-electron chi connectivity index (χ3n) is 6.55. The summed E-state index contributed by atoms with van der Waals surface area (Å²) in [6.45, 7) is 6.19. The molecule has 34 heavy (non-hydrogen) atoms. The molecule has 0 aromatic heterocycles. The minimum atomic E-state index is -0.825. The molecule has 4 rings (SSSR count). The Labute approximate surface area is 199 Å². The molecule has 0 saturated heterocycles. The van der Waals surface area contributed by atoms with E-state index in [1.165, 1.54) is 6.07 Å². The first-order chi connectivity index (χ1) is 16.5. The van der Waals surface area contributed by atoms with Gasteiger partial charge in [0.05, 0.1) is 6.61 Å². The minimum Gasteiger partial charge on any atom is -0.494 e. The first kappa shape index (κ1) is 23.9. The van der Waals surface area contributed by atoms with Crippen molar-refractivity contribution >= 4 is 0 Å². The van der Waals surface area contributed by atoms with Gasteiger partial charge in [0.25, 0.3) is 0 Å². The van der Waals surface area contributed by atoms with Crippen LogP contribution < -0.4 is 9.47 Å². The Bertz CT molecular complexity index is 1130. The van der Waals surface area contributed by atoms with Gasteiger partial charge >= 0.3 is 0 Å². The summed E-state index contributed by atoms with van der Waals surface area (Å²) in [4.78, 5) is 0. The monoisotopic (exact) mass is 466 g/mol. The summed E-state index contributed by atoms with van der Waals surface area (Å²) < 4.78 is 55.1. The average molecular weight is 467 g/mol. The van der Waals surface area contributed by atoms with Crippen molar-refractivity contribution in [2.75, 3.05) is 6.61 Å². The molecule has 0 aliphatic heterocycles. The molecule has 1 aliphatic carbocycles.